The number of hydrogen-bond acceptors (Lipinski definition) is 5. The molecule has 0 saturated heterocycles. The molecule has 0 fully saturated rings. The van der Waals surface area contributed by atoms with Crippen molar-refractivity contribution in [2.45, 2.75) is 6.92 Å². The quantitative estimate of drug-likeness (QED) is 0.355. The van der Waals surface area contributed by atoms with Gasteiger partial charge in [0.15, 0.2) is 5.17 Å². The molecule has 0 amide bonds. The SMILES string of the molecule is CN=C(N=C/C=C(\C)c1c(-c2cccc(N=O)c2)nn2ccccc12)SC. The molecule has 2 aromatic heterocycles. The Bertz CT molecular complexity index is 1070. The predicted molar refractivity (Wildman–Crippen MR) is 115 cm³/mol. The van der Waals surface area contributed by atoms with Gasteiger partial charge in [-0.1, -0.05) is 30.0 Å². The molecule has 1 aromatic carbocycles. The van der Waals surface area contributed by atoms with Crippen LogP contribution in [0.2, 0.25) is 0 Å². The zero-order chi connectivity index (χ0) is 19.2. The molecule has 27 heavy (non-hydrogen) atoms. The Morgan fingerprint density at radius 3 is 2.81 bits per heavy atom. The van der Waals surface area contributed by atoms with Crippen LogP contribution < -0.4 is 0 Å². The van der Waals surface area contributed by atoms with Crippen LogP contribution in [0, 0.1) is 4.91 Å². The van der Waals surface area contributed by atoms with Crippen LogP contribution in [0.1, 0.15) is 12.5 Å². The van der Waals surface area contributed by atoms with Crippen LogP contribution in [0.3, 0.4) is 0 Å². The van der Waals surface area contributed by atoms with Gasteiger partial charge < -0.3 is 0 Å². The van der Waals surface area contributed by atoms with E-state index in [1.165, 1.54) is 11.8 Å². The first-order valence-electron chi connectivity index (χ1n) is 8.31. The number of thioether (sulfide) groups is 1. The van der Waals surface area contributed by atoms with Gasteiger partial charge in [-0.15, -0.1) is 4.91 Å². The Balaban J connectivity index is 2.14. The van der Waals surface area contributed by atoms with Crippen molar-refractivity contribution in [3.05, 3.63) is 65.2 Å². The average molecular weight is 377 g/mol. The van der Waals surface area contributed by atoms with Crippen molar-refractivity contribution >= 4 is 39.9 Å². The molecule has 3 aromatic rings. The fraction of sp³-hybridized carbons (Fsp3) is 0.150. The first-order chi connectivity index (χ1) is 13.2. The van der Waals surface area contributed by atoms with E-state index in [-0.39, 0.29) is 0 Å². The molecule has 0 atom stereocenters. The first-order valence-corrected chi connectivity index (χ1v) is 9.53. The fourth-order valence-electron chi connectivity index (χ4n) is 2.80. The lowest BCUT2D eigenvalue weighted by Gasteiger charge is -2.04. The standard InChI is InChI=1S/C20H19N5OS/c1-14(10-11-22-20(21-2)27-3)18-17-9-4-5-12-25(17)23-19(18)15-7-6-8-16(13-15)24-26/h4-13H,1-3H3/b14-10+,21-20?,22-11?. The Morgan fingerprint density at radius 2 is 2.07 bits per heavy atom. The number of allylic oxidation sites excluding steroid dienone is 2. The summed E-state index contributed by atoms with van der Waals surface area (Å²) in [5.74, 6) is 0. The van der Waals surface area contributed by atoms with E-state index in [0.717, 1.165) is 27.9 Å². The zero-order valence-corrected chi connectivity index (χ0v) is 16.1. The van der Waals surface area contributed by atoms with Gasteiger partial charge >= 0.3 is 0 Å². The molecular weight excluding hydrogens is 358 g/mol. The first kappa shape index (κ1) is 18.7. The van der Waals surface area contributed by atoms with E-state index in [4.69, 9.17) is 5.10 Å². The van der Waals surface area contributed by atoms with Crippen LogP contribution >= 0.6 is 11.8 Å². The molecule has 0 N–H and O–H groups in total. The lowest BCUT2D eigenvalue weighted by atomic mass is 10.0. The molecule has 0 unspecified atom stereocenters. The smallest absolute Gasteiger partial charge is 0.182 e. The molecule has 0 radical (unpaired) electrons. The number of rotatable bonds is 4. The highest BCUT2D eigenvalue weighted by atomic mass is 32.2. The van der Waals surface area contributed by atoms with E-state index in [1.54, 1.807) is 25.4 Å². The minimum absolute atomic E-state index is 0.377. The van der Waals surface area contributed by atoms with Crippen LogP contribution in [0.15, 0.2) is 69.9 Å². The Hall–Kier alpha value is -3.06. The van der Waals surface area contributed by atoms with Crippen molar-refractivity contribution in [3.8, 4) is 11.3 Å². The third-order valence-electron chi connectivity index (χ3n) is 4.04. The summed E-state index contributed by atoms with van der Waals surface area (Å²) >= 11 is 1.49. The molecule has 0 spiro atoms. The molecule has 6 nitrogen and oxygen atoms in total. The molecule has 0 aliphatic carbocycles. The second-order valence-corrected chi connectivity index (χ2v) is 6.51. The zero-order valence-electron chi connectivity index (χ0n) is 15.3. The van der Waals surface area contributed by atoms with Crippen LogP contribution in [0.25, 0.3) is 22.3 Å². The van der Waals surface area contributed by atoms with Crippen molar-refractivity contribution in [1.29, 1.82) is 0 Å². The molecule has 2 heterocycles. The van der Waals surface area contributed by atoms with E-state index < -0.39 is 0 Å². The van der Waals surface area contributed by atoms with Crippen LogP contribution in [0.5, 0.6) is 0 Å². The molecule has 0 bridgehead atoms. The number of amidine groups is 1. The fourth-order valence-corrected chi connectivity index (χ4v) is 3.15. The highest BCUT2D eigenvalue weighted by Gasteiger charge is 2.16. The van der Waals surface area contributed by atoms with Crippen LogP contribution in [-0.2, 0) is 0 Å². The van der Waals surface area contributed by atoms with Crippen LogP contribution in [-0.4, -0.2) is 34.3 Å². The van der Waals surface area contributed by atoms with E-state index in [2.05, 4.69) is 15.2 Å². The molecule has 0 aliphatic rings. The third kappa shape index (κ3) is 4.03. The summed E-state index contributed by atoms with van der Waals surface area (Å²) in [6.07, 6.45) is 7.53. The van der Waals surface area contributed by atoms with Gasteiger partial charge in [0.2, 0.25) is 0 Å². The van der Waals surface area contributed by atoms with Gasteiger partial charge in [0.05, 0.1) is 5.52 Å². The highest BCUT2D eigenvalue weighted by Crippen LogP contribution is 2.33. The Kier molecular flexibility index (Phi) is 5.93. The van der Waals surface area contributed by atoms with Gasteiger partial charge in [-0.05, 0) is 54.3 Å². The molecule has 0 aliphatic heterocycles. The third-order valence-corrected chi connectivity index (χ3v) is 4.70. The van der Waals surface area contributed by atoms with Gasteiger partial charge in [0.25, 0.3) is 0 Å². The van der Waals surface area contributed by atoms with Gasteiger partial charge in [-0.25, -0.2) is 9.51 Å². The van der Waals surface area contributed by atoms with E-state index in [1.807, 2.05) is 60.3 Å². The lowest BCUT2D eigenvalue weighted by molar-refractivity contribution is 0.966. The largest absolute Gasteiger partial charge is 0.264 e. The highest BCUT2D eigenvalue weighted by molar-refractivity contribution is 8.13. The van der Waals surface area contributed by atoms with Crippen molar-refractivity contribution < 1.29 is 0 Å². The maximum atomic E-state index is 10.9. The number of fused-ring (bicyclic) bond motifs is 1. The number of hydrogen-bond donors (Lipinski definition) is 0. The van der Waals surface area contributed by atoms with E-state index in [0.29, 0.717) is 10.9 Å². The number of nitroso groups, excluding NO2 is 1. The Labute approximate surface area is 161 Å². The van der Waals surface area contributed by atoms with Crippen molar-refractivity contribution in [1.82, 2.24) is 9.61 Å². The van der Waals surface area contributed by atoms with E-state index in [9.17, 15) is 4.91 Å². The maximum Gasteiger partial charge on any atom is 0.182 e. The molecular formula is C20H19N5OS. The summed E-state index contributed by atoms with van der Waals surface area (Å²) < 4.78 is 1.83. The lowest BCUT2D eigenvalue weighted by Crippen LogP contribution is -1.88. The van der Waals surface area contributed by atoms with Gasteiger partial charge in [-0.3, -0.25) is 4.99 Å². The topological polar surface area (TPSA) is 71.4 Å². The number of aromatic nitrogens is 2. The van der Waals surface area contributed by atoms with Crippen molar-refractivity contribution in [2.75, 3.05) is 13.3 Å². The van der Waals surface area contributed by atoms with Gasteiger partial charge in [0.1, 0.15) is 11.4 Å². The number of nitrogens with zero attached hydrogens (tertiary/aromatic N) is 5. The number of aliphatic imine (C=N–C) groups is 2. The van der Waals surface area contributed by atoms with E-state index >= 15 is 0 Å². The minimum Gasteiger partial charge on any atom is -0.264 e. The van der Waals surface area contributed by atoms with Gasteiger partial charge in [0, 0.05) is 30.6 Å². The number of pyridine rings is 1. The molecule has 3 rings (SSSR count). The average Bonchev–Trinajstić information content (AvgIpc) is 3.11. The molecule has 7 heteroatoms. The summed E-state index contributed by atoms with van der Waals surface area (Å²) in [6, 6.07) is 13.1. The normalized spacial score (nSPS) is 12.9. The maximum absolute atomic E-state index is 10.9. The second-order valence-electron chi connectivity index (χ2n) is 5.73. The Morgan fingerprint density at radius 1 is 1.22 bits per heavy atom. The van der Waals surface area contributed by atoms with Gasteiger partial charge in [-0.2, -0.15) is 5.10 Å². The summed E-state index contributed by atoms with van der Waals surface area (Å²) in [7, 11) is 1.72. The molecule has 136 valence electrons. The minimum atomic E-state index is 0.377. The monoisotopic (exact) mass is 377 g/mol. The number of benzene rings is 1. The summed E-state index contributed by atoms with van der Waals surface area (Å²) in [5, 5.41) is 8.46. The summed E-state index contributed by atoms with van der Waals surface area (Å²) in [6.45, 7) is 2.02. The second kappa shape index (κ2) is 8.55. The van der Waals surface area contributed by atoms with Crippen molar-refractivity contribution in [3.63, 3.8) is 0 Å². The summed E-state index contributed by atoms with van der Waals surface area (Å²) in [4.78, 5) is 19.4. The van der Waals surface area contributed by atoms with Crippen LogP contribution in [0.4, 0.5) is 5.69 Å². The van der Waals surface area contributed by atoms with Crippen molar-refractivity contribution in [2.24, 2.45) is 15.2 Å². The molecule has 0 saturated carbocycles. The predicted octanol–water partition coefficient (Wildman–Crippen LogP) is 5.22. The summed E-state index contributed by atoms with van der Waals surface area (Å²) in [5.41, 5.74) is 4.99.